The molecule has 0 radical (unpaired) electrons. The van der Waals surface area contributed by atoms with E-state index >= 15 is 0 Å². The number of aromatic nitrogens is 1. The van der Waals surface area contributed by atoms with Gasteiger partial charge in [0.15, 0.2) is 0 Å². The van der Waals surface area contributed by atoms with E-state index in [2.05, 4.69) is 10.3 Å². The minimum Gasteiger partial charge on any atom is -0.387 e. The maximum Gasteiger partial charge on any atom is 0.286 e. The molecule has 0 amide bonds. The predicted octanol–water partition coefficient (Wildman–Crippen LogP) is 2.61. The lowest BCUT2D eigenvalue weighted by molar-refractivity contribution is 0.0124. The van der Waals surface area contributed by atoms with Crippen LogP contribution >= 0.6 is 0 Å². The molecule has 0 saturated carbocycles. The first-order chi connectivity index (χ1) is 8.09. The summed E-state index contributed by atoms with van der Waals surface area (Å²) in [4.78, 5) is 3.62. The molecule has 1 atom stereocenters. The predicted molar refractivity (Wildman–Crippen MR) is 66.5 cm³/mol. The zero-order valence-electron chi connectivity index (χ0n) is 11.2. The van der Waals surface area contributed by atoms with Crippen LogP contribution in [-0.2, 0) is 5.92 Å². The van der Waals surface area contributed by atoms with Crippen LogP contribution in [0.4, 0.5) is 8.78 Å². The lowest BCUT2D eigenvalue weighted by atomic mass is 10.1. The first-order valence-corrected chi connectivity index (χ1v) is 5.87. The second-order valence-electron chi connectivity index (χ2n) is 5.51. The first kappa shape index (κ1) is 15.0. The molecule has 2 N–H and O–H groups in total. The number of alkyl halides is 2. The molecule has 0 aliphatic heterocycles. The summed E-state index contributed by atoms with van der Waals surface area (Å²) in [6.07, 6.45) is 0.468. The summed E-state index contributed by atoms with van der Waals surface area (Å²) >= 11 is 0. The fourth-order valence-corrected chi connectivity index (χ4v) is 1.41. The third-order valence-corrected chi connectivity index (χ3v) is 2.44. The van der Waals surface area contributed by atoms with Crippen molar-refractivity contribution >= 4 is 0 Å². The number of aliphatic hydroxyl groups excluding tert-OH is 1. The topological polar surface area (TPSA) is 45.1 Å². The first-order valence-electron chi connectivity index (χ1n) is 5.87. The Hall–Kier alpha value is -1.07. The van der Waals surface area contributed by atoms with E-state index in [4.69, 9.17) is 0 Å². The van der Waals surface area contributed by atoms with Crippen molar-refractivity contribution in [2.75, 3.05) is 6.54 Å². The van der Waals surface area contributed by atoms with E-state index in [9.17, 15) is 13.9 Å². The molecule has 1 unspecified atom stereocenters. The highest BCUT2D eigenvalue weighted by Gasteiger charge is 2.27. The molecule has 0 bridgehead atoms. The Bertz CT molecular complexity index is 397. The Morgan fingerprint density at radius 2 is 1.94 bits per heavy atom. The highest BCUT2D eigenvalue weighted by molar-refractivity contribution is 5.21. The Balaban J connectivity index is 2.78. The van der Waals surface area contributed by atoms with E-state index in [0.717, 1.165) is 6.92 Å². The van der Waals surface area contributed by atoms with Gasteiger partial charge in [-0.2, -0.15) is 8.78 Å². The zero-order chi connectivity index (χ0) is 14.0. The lowest BCUT2D eigenvalue weighted by Gasteiger charge is -2.23. The van der Waals surface area contributed by atoms with Crippen LogP contribution in [0.5, 0.6) is 0 Å². The number of nitrogens with one attached hydrogen (secondary N) is 1. The number of hydrogen-bond donors (Lipinski definition) is 2. The van der Waals surface area contributed by atoms with Crippen molar-refractivity contribution in [1.29, 1.82) is 0 Å². The standard InChI is InChI=1S/C13H20F2N2O/c1-12(2,3)17-8-10(18)9-5-6-16-11(7-9)13(4,14)15/h5-7,10,17-18H,8H2,1-4H3. The van der Waals surface area contributed by atoms with Gasteiger partial charge in [-0.15, -0.1) is 0 Å². The summed E-state index contributed by atoms with van der Waals surface area (Å²) in [6.45, 7) is 7.01. The molecular weight excluding hydrogens is 238 g/mol. The van der Waals surface area contributed by atoms with Gasteiger partial charge < -0.3 is 10.4 Å². The maximum atomic E-state index is 13.1. The molecule has 1 heterocycles. The van der Waals surface area contributed by atoms with Crippen LogP contribution in [0, 0.1) is 0 Å². The van der Waals surface area contributed by atoms with Gasteiger partial charge in [0.05, 0.1) is 6.10 Å². The third kappa shape index (κ3) is 4.66. The molecule has 1 rings (SSSR count). The molecule has 0 spiro atoms. The van der Waals surface area contributed by atoms with Crippen LogP contribution in [0.15, 0.2) is 18.3 Å². The Labute approximate surface area is 106 Å². The quantitative estimate of drug-likeness (QED) is 0.872. The van der Waals surface area contributed by atoms with Crippen LogP contribution in [0.3, 0.4) is 0 Å². The van der Waals surface area contributed by atoms with Crippen molar-refractivity contribution in [1.82, 2.24) is 10.3 Å². The molecule has 1 aromatic rings. The molecule has 3 nitrogen and oxygen atoms in total. The number of nitrogens with zero attached hydrogens (tertiary/aromatic N) is 1. The summed E-state index contributed by atoms with van der Waals surface area (Å²) in [7, 11) is 0. The van der Waals surface area contributed by atoms with Crippen molar-refractivity contribution in [2.24, 2.45) is 0 Å². The summed E-state index contributed by atoms with van der Waals surface area (Å²) in [6, 6.07) is 2.79. The van der Waals surface area contributed by atoms with Gasteiger partial charge in [0.25, 0.3) is 5.92 Å². The van der Waals surface area contributed by atoms with Gasteiger partial charge in [0.2, 0.25) is 0 Å². The summed E-state index contributed by atoms with van der Waals surface area (Å²) in [5.41, 5.74) is -0.0148. The minimum atomic E-state index is -2.99. The van der Waals surface area contributed by atoms with Crippen LogP contribution in [-0.4, -0.2) is 22.2 Å². The molecule has 0 aromatic carbocycles. The van der Waals surface area contributed by atoms with Crippen molar-refractivity contribution < 1.29 is 13.9 Å². The summed E-state index contributed by atoms with van der Waals surface area (Å²) in [5, 5.41) is 13.1. The maximum absolute atomic E-state index is 13.1. The molecule has 18 heavy (non-hydrogen) atoms. The van der Waals surface area contributed by atoms with Gasteiger partial charge in [0.1, 0.15) is 5.69 Å². The van der Waals surface area contributed by atoms with Crippen LogP contribution < -0.4 is 5.32 Å². The second-order valence-corrected chi connectivity index (χ2v) is 5.51. The highest BCUT2D eigenvalue weighted by atomic mass is 19.3. The zero-order valence-corrected chi connectivity index (χ0v) is 11.2. The average Bonchev–Trinajstić information content (AvgIpc) is 2.24. The van der Waals surface area contributed by atoms with Crippen LogP contribution in [0.25, 0.3) is 0 Å². The van der Waals surface area contributed by atoms with Crippen molar-refractivity contribution in [3.8, 4) is 0 Å². The second kappa shape index (κ2) is 5.28. The van der Waals surface area contributed by atoms with Crippen molar-refractivity contribution in [2.45, 2.75) is 45.3 Å². The number of rotatable bonds is 4. The number of pyridine rings is 1. The Morgan fingerprint density at radius 1 is 1.33 bits per heavy atom. The number of halogens is 2. The number of hydrogen-bond acceptors (Lipinski definition) is 3. The Kier molecular flexibility index (Phi) is 4.40. The van der Waals surface area contributed by atoms with Crippen LogP contribution in [0.1, 0.15) is 45.1 Å². The molecule has 0 saturated heterocycles. The smallest absolute Gasteiger partial charge is 0.286 e. The SMILES string of the molecule is CC(C)(C)NCC(O)c1ccnc(C(C)(F)F)c1. The molecule has 0 aliphatic carbocycles. The van der Waals surface area contributed by atoms with E-state index < -0.39 is 12.0 Å². The Morgan fingerprint density at radius 3 is 2.44 bits per heavy atom. The fourth-order valence-electron chi connectivity index (χ4n) is 1.41. The molecule has 1 aromatic heterocycles. The van der Waals surface area contributed by atoms with Crippen molar-refractivity contribution in [3.63, 3.8) is 0 Å². The van der Waals surface area contributed by atoms with E-state index in [-0.39, 0.29) is 11.2 Å². The highest BCUT2D eigenvalue weighted by Crippen LogP contribution is 2.26. The van der Waals surface area contributed by atoms with Crippen molar-refractivity contribution in [3.05, 3.63) is 29.6 Å². The average molecular weight is 258 g/mol. The number of β-amino-alcohol motifs (C(OH)–C–C–N with tert-alkyl or cyclic N) is 1. The fraction of sp³-hybridized carbons (Fsp3) is 0.615. The normalized spacial score (nSPS) is 14.6. The monoisotopic (exact) mass is 258 g/mol. The lowest BCUT2D eigenvalue weighted by Crippen LogP contribution is -2.38. The third-order valence-electron chi connectivity index (χ3n) is 2.44. The van der Waals surface area contributed by atoms with Gasteiger partial charge in [-0.05, 0) is 38.5 Å². The number of aliphatic hydroxyl groups is 1. The van der Waals surface area contributed by atoms with E-state index in [1.807, 2.05) is 20.8 Å². The van der Waals surface area contributed by atoms with E-state index in [1.165, 1.54) is 12.3 Å². The van der Waals surface area contributed by atoms with Gasteiger partial charge >= 0.3 is 0 Å². The van der Waals surface area contributed by atoms with Crippen LogP contribution in [0.2, 0.25) is 0 Å². The van der Waals surface area contributed by atoms with Gasteiger partial charge in [-0.25, -0.2) is 0 Å². The van der Waals surface area contributed by atoms with Gasteiger partial charge in [-0.1, -0.05) is 0 Å². The van der Waals surface area contributed by atoms with Gasteiger partial charge in [-0.3, -0.25) is 4.98 Å². The summed E-state index contributed by atoms with van der Waals surface area (Å²) in [5.74, 6) is -2.99. The van der Waals surface area contributed by atoms with Gasteiger partial charge in [0, 0.05) is 25.2 Å². The minimum absolute atomic E-state index is 0.133. The molecule has 102 valence electrons. The molecule has 5 heteroatoms. The molecule has 0 fully saturated rings. The van der Waals surface area contributed by atoms with E-state index in [1.54, 1.807) is 6.07 Å². The van der Waals surface area contributed by atoms with E-state index in [0.29, 0.717) is 12.1 Å². The molecule has 0 aliphatic rings. The largest absolute Gasteiger partial charge is 0.387 e. The summed E-state index contributed by atoms with van der Waals surface area (Å²) < 4.78 is 26.2. The molecular formula is C13H20F2N2O.